The monoisotopic (exact) mass is 257 g/mol. The van der Waals surface area contributed by atoms with Gasteiger partial charge in [-0.2, -0.15) is 0 Å². The molecule has 0 aliphatic carbocycles. The SMILES string of the molecule is ON/C=C/c1ccc(CSc2ccccc2)cc1. The van der Waals surface area contributed by atoms with Gasteiger partial charge in [0, 0.05) is 16.8 Å². The lowest BCUT2D eigenvalue weighted by molar-refractivity contribution is 0.215. The third-order valence-corrected chi connectivity index (χ3v) is 3.56. The van der Waals surface area contributed by atoms with E-state index >= 15 is 0 Å². The number of rotatable bonds is 5. The quantitative estimate of drug-likeness (QED) is 0.629. The summed E-state index contributed by atoms with van der Waals surface area (Å²) in [5, 5.41) is 8.45. The van der Waals surface area contributed by atoms with Gasteiger partial charge in [0.2, 0.25) is 0 Å². The molecule has 0 saturated heterocycles. The summed E-state index contributed by atoms with van der Waals surface area (Å²) in [6.07, 6.45) is 3.31. The minimum Gasteiger partial charge on any atom is -0.292 e. The van der Waals surface area contributed by atoms with Crippen molar-refractivity contribution >= 4 is 17.8 Å². The van der Waals surface area contributed by atoms with Crippen molar-refractivity contribution < 1.29 is 5.21 Å². The standard InChI is InChI=1S/C15H15NOS/c17-16-11-10-13-6-8-14(9-7-13)12-18-15-4-2-1-3-5-15/h1-11,16-17H,12H2/b11-10+. The van der Waals surface area contributed by atoms with Crippen LogP contribution in [-0.4, -0.2) is 5.21 Å². The highest BCUT2D eigenvalue weighted by Crippen LogP contribution is 2.22. The van der Waals surface area contributed by atoms with Gasteiger partial charge in [0.1, 0.15) is 0 Å². The molecule has 92 valence electrons. The van der Waals surface area contributed by atoms with Crippen LogP contribution in [0.2, 0.25) is 0 Å². The maximum absolute atomic E-state index is 8.45. The zero-order valence-electron chi connectivity index (χ0n) is 9.91. The predicted molar refractivity (Wildman–Crippen MR) is 76.4 cm³/mol. The Labute approximate surface area is 111 Å². The summed E-state index contributed by atoms with van der Waals surface area (Å²) in [4.78, 5) is 1.28. The number of benzene rings is 2. The minimum atomic E-state index is 0.965. The van der Waals surface area contributed by atoms with Crippen molar-refractivity contribution in [3.63, 3.8) is 0 Å². The first-order valence-corrected chi connectivity index (χ1v) is 6.70. The Kier molecular flexibility index (Phi) is 4.88. The normalized spacial score (nSPS) is 10.7. The Morgan fingerprint density at radius 2 is 1.72 bits per heavy atom. The van der Waals surface area contributed by atoms with Gasteiger partial charge >= 0.3 is 0 Å². The third kappa shape index (κ3) is 3.95. The molecule has 2 rings (SSSR count). The molecule has 2 aromatic rings. The van der Waals surface area contributed by atoms with Crippen molar-refractivity contribution in [2.45, 2.75) is 10.6 Å². The van der Waals surface area contributed by atoms with Crippen LogP contribution in [0.4, 0.5) is 0 Å². The first kappa shape index (κ1) is 12.7. The summed E-state index contributed by atoms with van der Waals surface area (Å²) in [6.45, 7) is 0. The number of hydrogen-bond donors (Lipinski definition) is 2. The second-order valence-electron chi connectivity index (χ2n) is 3.81. The van der Waals surface area contributed by atoms with Crippen LogP contribution in [0, 0.1) is 0 Å². The first-order chi connectivity index (χ1) is 8.88. The average Bonchev–Trinajstić information content (AvgIpc) is 2.45. The Hall–Kier alpha value is -1.71. The van der Waals surface area contributed by atoms with Gasteiger partial charge in [-0.1, -0.05) is 42.5 Å². The van der Waals surface area contributed by atoms with Gasteiger partial charge in [-0.3, -0.25) is 10.7 Å². The van der Waals surface area contributed by atoms with Crippen molar-refractivity contribution in [3.8, 4) is 0 Å². The lowest BCUT2D eigenvalue weighted by atomic mass is 10.1. The van der Waals surface area contributed by atoms with Gasteiger partial charge < -0.3 is 0 Å². The predicted octanol–water partition coefficient (Wildman–Crippen LogP) is 3.93. The number of nitrogens with one attached hydrogen (secondary N) is 1. The lowest BCUT2D eigenvalue weighted by Crippen LogP contribution is -1.92. The lowest BCUT2D eigenvalue weighted by Gasteiger charge is -2.02. The molecule has 2 N–H and O–H groups in total. The zero-order chi connectivity index (χ0) is 12.6. The van der Waals surface area contributed by atoms with Crippen molar-refractivity contribution in [1.29, 1.82) is 0 Å². The molecule has 0 atom stereocenters. The Bertz CT molecular complexity index is 494. The summed E-state index contributed by atoms with van der Waals surface area (Å²) < 4.78 is 0. The highest BCUT2D eigenvalue weighted by Gasteiger charge is 1.95. The van der Waals surface area contributed by atoms with Crippen molar-refractivity contribution in [3.05, 3.63) is 71.9 Å². The Balaban J connectivity index is 1.92. The number of hydrogen-bond acceptors (Lipinski definition) is 3. The van der Waals surface area contributed by atoms with E-state index in [1.807, 2.05) is 41.5 Å². The molecule has 2 nitrogen and oxygen atoms in total. The summed E-state index contributed by atoms with van der Waals surface area (Å²) in [5.41, 5.74) is 4.34. The highest BCUT2D eigenvalue weighted by atomic mass is 32.2. The maximum atomic E-state index is 8.45. The zero-order valence-corrected chi connectivity index (χ0v) is 10.7. The molecule has 3 heteroatoms. The van der Waals surface area contributed by atoms with Crippen LogP contribution in [-0.2, 0) is 5.75 Å². The minimum absolute atomic E-state index is 0.965. The van der Waals surface area contributed by atoms with E-state index in [2.05, 4.69) is 36.4 Å². The fraction of sp³-hybridized carbons (Fsp3) is 0.0667. The van der Waals surface area contributed by atoms with Crippen LogP contribution in [0.25, 0.3) is 6.08 Å². The van der Waals surface area contributed by atoms with Crippen molar-refractivity contribution in [1.82, 2.24) is 5.48 Å². The van der Waals surface area contributed by atoms with E-state index in [0.29, 0.717) is 0 Å². The fourth-order valence-corrected chi connectivity index (χ4v) is 2.42. The van der Waals surface area contributed by atoms with Gasteiger partial charge in [-0.25, -0.2) is 0 Å². The topological polar surface area (TPSA) is 32.3 Å². The summed E-state index contributed by atoms with van der Waals surface area (Å²) in [5.74, 6) is 0.965. The summed E-state index contributed by atoms with van der Waals surface area (Å²) in [6, 6.07) is 18.7. The Morgan fingerprint density at radius 3 is 2.39 bits per heavy atom. The number of hydroxylamine groups is 1. The molecule has 2 aromatic carbocycles. The van der Waals surface area contributed by atoms with Crippen molar-refractivity contribution in [2.24, 2.45) is 0 Å². The molecular formula is C15H15NOS. The molecular weight excluding hydrogens is 242 g/mol. The Morgan fingerprint density at radius 1 is 1.00 bits per heavy atom. The molecule has 0 radical (unpaired) electrons. The van der Waals surface area contributed by atoms with Crippen molar-refractivity contribution in [2.75, 3.05) is 0 Å². The van der Waals surface area contributed by atoms with E-state index in [-0.39, 0.29) is 0 Å². The van der Waals surface area contributed by atoms with Crippen LogP contribution >= 0.6 is 11.8 Å². The van der Waals surface area contributed by atoms with E-state index in [0.717, 1.165) is 11.3 Å². The largest absolute Gasteiger partial charge is 0.292 e. The molecule has 0 saturated carbocycles. The van der Waals surface area contributed by atoms with E-state index < -0.39 is 0 Å². The summed E-state index contributed by atoms with van der Waals surface area (Å²) in [7, 11) is 0. The smallest absolute Gasteiger partial charge is 0.0246 e. The van der Waals surface area contributed by atoms with E-state index in [1.165, 1.54) is 16.7 Å². The average molecular weight is 257 g/mol. The molecule has 0 amide bonds. The molecule has 0 unspecified atom stereocenters. The molecule has 0 bridgehead atoms. The van der Waals surface area contributed by atoms with E-state index in [1.54, 1.807) is 0 Å². The molecule has 0 aliphatic heterocycles. The third-order valence-electron chi connectivity index (χ3n) is 2.48. The van der Waals surface area contributed by atoms with Gasteiger partial charge in [0.25, 0.3) is 0 Å². The van der Waals surface area contributed by atoms with Crippen LogP contribution in [0.1, 0.15) is 11.1 Å². The molecule has 0 aromatic heterocycles. The highest BCUT2D eigenvalue weighted by molar-refractivity contribution is 7.98. The number of thioether (sulfide) groups is 1. The van der Waals surface area contributed by atoms with Crippen LogP contribution < -0.4 is 5.48 Å². The molecule has 0 spiro atoms. The maximum Gasteiger partial charge on any atom is 0.0246 e. The molecule has 0 fully saturated rings. The van der Waals surface area contributed by atoms with Crippen LogP contribution in [0.5, 0.6) is 0 Å². The summed E-state index contributed by atoms with van der Waals surface area (Å²) >= 11 is 1.83. The molecule has 0 aliphatic rings. The van der Waals surface area contributed by atoms with E-state index in [9.17, 15) is 0 Å². The van der Waals surface area contributed by atoms with E-state index in [4.69, 9.17) is 5.21 Å². The van der Waals surface area contributed by atoms with Gasteiger partial charge in [0.05, 0.1) is 0 Å². The molecule has 18 heavy (non-hydrogen) atoms. The molecule has 0 heterocycles. The van der Waals surface area contributed by atoms with Gasteiger partial charge in [0.15, 0.2) is 0 Å². The second kappa shape index (κ2) is 6.89. The fourth-order valence-electron chi connectivity index (χ4n) is 1.54. The van der Waals surface area contributed by atoms with Crippen LogP contribution in [0.3, 0.4) is 0 Å². The second-order valence-corrected chi connectivity index (χ2v) is 4.85. The van der Waals surface area contributed by atoms with Gasteiger partial charge in [-0.05, 0) is 29.3 Å². The van der Waals surface area contributed by atoms with Crippen LogP contribution in [0.15, 0.2) is 65.7 Å². The van der Waals surface area contributed by atoms with Gasteiger partial charge in [-0.15, -0.1) is 11.8 Å². The first-order valence-electron chi connectivity index (χ1n) is 5.71.